The molecule has 0 saturated heterocycles. The van der Waals surface area contributed by atoms with Gasteiger partial charge < -0.3 is 58.4 Å². The number of imidazole rings is 1. The van der Waals surface area contributed by atoms with E-state index in [0.717, 1.165) is 27.2 Å². The second kappa shape index (κ2) is 24.9. The average molecular weight is 956 g/mol. The van der Waals surface area contributed by atoms with Crippen LogP contribution in [0.5, 0.6) is 0 Å². The van der Waals surface area contributed by atoms with E-state index in [4.69, 9.17) is 11.5 Å². The fraction of sp³-hybridized carbons (Fsp3) is 0.333. The highest BCUT2D eigenvalue weighted by atomic mass is 16.4. The highest BCUT2D eigenvalue weighted by molar-refractivity contribution is 5.97. The number of H-pyrrole nitrogens is 2. The summed E-state index contributed by atoms with van der Waals surface area (Å²) in [5, 5.41) is 28.9. The molecular formula is C51H61N11O8. The molecule has 0 spiro atoms. The first-order chi connectivity index (χ1) is 33.7. The first-order valence-electron chi connectivity index (χ1n) is 23.2. The van der Waals surface area contributed by atoms with Crippen molar-refractivity contribution in [3.63, 3.8) is 0 Å². The molecule has 70 heavy (non-hydrogen) atoms. The van der Waals surface area contributed by atoms with Gasteiger partial charge in [-0.05, 0) is 85.7 Å². The Kier molecular flexibility index (Phi) is 18.3. The second-order valence-corrected chi connectivity index (χ2v) is 17.4. The monoisotopic (exact) mass is 955 g/mol. The number of para-hydroxylation sites is 1. The number of hydrogen-bond donors (Lipinski definition) is 11. The van der Waals surface area contributed by atoms with Crippen molar-refractivity contribution in [1.29, 1.82) is 0 Å². The summed E-state index contributed by atoms with van der Waals surface area (Å²) < 4.78 is 0. The number of rotatable bonds is 25. The molecule has 6 amide bonds. The zero-order valence-corrected chi connectivity index (χ0v) is 39.1. The van der Waals surface area contributed by atoms with Crippen molar-refractivity contribution in [3.8, 4) is 0 Å². The van der Waals surface area contributed by atoms with E-state index in [2.05, 4.69) is 46.9 Å². The number of amides is 6. The first kappa shape index (κ1) is 51.5. The SMILES string of the molecule is CC(N)C(=O)NC(Cc1cnc[nH]1)C(=O)NC(C(=O)NC(C)C(=O)N[C@H](CC(=O)N[C@H](Cc1ccccc1)C(=O)N[C@@H](CCCCN)C(=O)O)Cc1c[nH]c2ccccc12)c1ccc2ccccc2c1. The summed E-state index contributed by atoms with van der Waals surface area (Å²) in [6.07, 6.45) is 5.79. The lowest BCUT2D eigenvalue weighted by Gasteiger charge is -2.26. The lowest BCUT2D eigenvalue weighted by atomic mass is 9.99. The molecule has 19 nitrogen and oxygen atoms in total. The zero-order chi connectivity index (χ0) is 50.2. The van der Waals surface area contributed by atoms with Gasteiger partial charge in [-0.1, -0.05) is 84.9 Å². The van der Waals surface area contributed by atoms with Crippen molar-refractivity contribution in [2.24, 2.45) is 11.5 Å². The number of hydrogen-bond acceptors (Lipinski definition) is 10. The molecule has 2 heterocycles. The minimum atomic E-state index is -1.36. The van der Waals surface area contributed by atoms with Crippen LogP contribution in [0.2, 0.25) is 0 Å². The Bertz CT molecular complexity index is 2740. The third-order valence-electron chi connectivity index (χ3n) is 11.8. The summed E-state index contributed by atoms with van der Waals surface area (Å²) in [7, 11) is 0. The van der Waals surface area contributed by atoms with E-state index in [1.54, 1.807) is 48.7 Å². The second-order valence-electron chi connectivity index (χ2n) is 17.4. The quantitative estimate of drug-likeness (QED) is 0.0370. The van der Waals surface area contributed by atoms with Crippen LogP contribution in [-0.2, 0) is 52.8 Å². The third kappa shape index (κ3) is 14.6. The smallest absolute Gasteiger partial charge is 0.326 e. The maximum atomic E-state index is 14.4. The molecule has 0 saturated carbocycles. The number of carbonyl (C=O) groups excluding carboxylic acids is 6. The lowest BCUT2D eigenvalue weighted by molar-refractivity contribution is -0.142. The van der Waals surface area contributed by atoms with E-state index in [1.165, 1.54) is 26.4 Å². The zero-order valence-electron chi connectivity index (χ0n) is 39.1. The molecular weight excluding hydrogens is 895 g/mol. The normalized spacial score (nSPS) is 14.2. The predicted octanol–water partition coefficient (Wildman–Crippen LogP) is 2.32. The van der Waals surface area contributed by atoms with Crippen LogP contribution in [0.1, 0.15) is 68.0 Å². The predicted molar refractivity (Wildman–Crippen MR) is 263 cm³/mol. The molecule has 13 N–H and O–H groups in total. The molecule has 4 unspecified atom stereocenters. The molecule has 19 heteroatoms. The number of aliphatic carboxylic acids is 1. The van der Waals surface area contributed by atoms with Gasteiger partial charge >= 0.3 is 5.97 Å². The fourth-order valence-corrected chi connectivity index (χ4v) is 8.05. The number of carbonyl (C=O) groups is 7. The van der Waals surface area contributed by atoms with Gasteiger partial charge in [0, 0.05) is 54.3 Å². The van der Waals surface area contributed by atoms with Crippen LogP contribution >= 0.6 is 0 Å². The average Bonchev–Trinajstić information content (AvgIpc) is 4.02. The number of carboxylic acid groups (broad SMARTS) is 1. The summed E-state index contributed by atoms with van der Waals surface area (Å²) in [6.45, 7) is 3.30. The van der Waals surface area contributed by atoms with Crippen LogP contribution in [-0.4, -0.2) is 104 Å². The summed E-state index contributed by atoms with van der Waals surface area (Å²) in [5.74, 6) is -5.21. The molecule has 7 atom stereocenters. The van der Waals surface area contributed by atoms with Gasteiger partial charge in [0.1, 0.15) is 30.2 Å². The van der Waals surface area contributed by atoms with Gasteiger partial charge in [-0.25, -0.2) is 9.78 Å². The van der Waals surface area contributed by atoms with Gasteiger partial charge in [0.05, 0.1) is 12.4 Å². The summed E-state index contributed by atoms with van der Waals surface area (Å²) in [5.41, 5.74) is 14.7. The van der Waals surface area contributed by atoms with Crippen LogP contribution in [0, 0.1) is 0 Å². The standard InChI is InChI=1S/C51H61N11O8/c1-30(53)46(64)61-43(25-38-28-54-29-56-38)49(67)62-45(35-20-19-33-14-6-7-15-34(33)23-35)50(68)57-31(2)47(65)58-37(24-36-27-55-40-17-9-8-16-39(36)40)26-44(63)59-42(22-32-12-4-3-5-13-32)48(66)60-41(51(69)70)18-10-11-21-52/h3-9,12-17,19-20,23,27-31,37,41-43,45,55H,10-11,18,21-22,24-26,52-53H2,1-2H3,(H,54,56)(H,57,68)(H,58,65)(H,59,63)(H,60,66)(H,61,64)(H,62,67)(H,69,70)/t30?,31?,37-,41-,42+,43?,45?/m0/s1. The number of unbranched alkanes of at least 4 members (excludes halogenated alkanes) is 1. The largest absolute Gasteiger partial charge is 0.480 e. The minimum Gasteiger partial charge on any atom is -0.480 e. The van der Waals surface area contributed by atoms with Crippen LogP contribution < -0.4 is 43.4 Å². The Morgan fingerprint density at radius 3 is 2.06 bits per heavy atom. The Labute approximate surface area is 404 Å². The van der Waals surface area contributed by atoms with Crippen molar-refractivity contribution in [3.05, 3.63) is 138 Å². The van der Waals surface area contributed by atoms with E-state index in [1.807, 2.05) is 54.6 Å². The van der Waals surface area contributed by atoms with E-state index >= 15 is 0 Å². The van der Waals surface area contributed by atoms with E-state index < -0.39 is 83.7 Å². The van der Waals surface area contributed by atoms with E-state index in [0.29, 0.717) is 36.2 Å². The lowest BCUT2D eigenvalue weighted by Crippen LogP contribution is -2.56. The van der Waals surface area contributed by atoms with Gasteiger partial charge in [0.25, 0.3) is 0 Å². The highest BCUT2D eigenvalue weighted by Gasteiger charge is 2.33. The molecule has 0 aliphatic rings. The number of nitrogens with one attached hydrogen (secondary N) is 8. The van der Waals surface area contributed by atoms with Gasteiger partial charge in [-0.15, -0.1) is 0 Å². The van der Waals surface area contributed by atoms with Gasteiger partial charge in [0.15, 0.2) is 0 Å². The third-order valence-corrected chi connectivity index (χ3v) is 11.8. The highest BCUT2D eigenvalue weighted by Crippen LogP contribution is 2.23. The van der Waals surface area contributed by atoms with Crippen molar-refractivity contribution in [2.45, 2.75) is 101 Å². The molecule has 4 aromatic carbocycles. The molecule has 0 aliphatic heterocycles. The number of aromatic amines is 2. The fourth-order valence-electron chi connectivity index (χ4n) is 8.05. The van der Waals surface area contributed by atoms with Gasteiger partial charge in [-0.3, -0.25) is 28.8 Å². The number of aromatic nitrogens is 3. The molecule has 0 bridgehead atoms. The van der Waals surface area contributed by atoms with Crippen molar-refractivity contribution >= 4 is 63.1 Å². The Morgan fingerprint density at radius 2 is 1.34 bits per heavy atom. The molecule has 6 aromatic rings. The van der Waals surface area contributed by atoms with Gasteiger partial charge in [0.2, 0.25) is 35.4 Å². The molecule has 0 radical (unpaired) electrons. The van der Waals surface area contributed by atoms with Crippen LogP contribution in [0.15, 0.2) is 116 Å². The summed E-state index contributed by atoms with van der Waals surface area (Å²) in [6, 6.07) is 21.2. The van der Waals surface area contributed by atoms with Gasteiger partial charge in [-0.2, -0.15) is 0 Å². The summed E-state index contributed by atoms with van der Waals surface area (Å²) >= 11 is 0. The molecule has 6 rings (SSSR count). The molecule has 0 aliphatic carbocycles. The maximum Gasteiger partial charge on any atom is 0.326 e. The topological polar surface area (TPSA) is 308 Å². The Balaban J connectivity index is 1.23. The number of benzene rings is 4. The maximum absolute atomic E-state index is 14.4. The first-order valence-corrected chi connectivity index (χ1v) is 23.2. The van der Waals surface area contributed by atoms with Crippen LogP contribution in [0.4, 0.5) is 0 Å². The number of carboxylic acids is 1. The molecule has 0 fully saturated rings. The molecule has 368 valence electrons. The number of nitrogens with two attached hydrogens (primary N) is 2. The van der Waals surface area contributed by atoms with Crippen LogP contribution in [0.3, 0.4) is 0 Å². The van der Waals surface area contributed by atoms with E-state index in [9.17, 15) is 38.7 Å². The number of fused-ring (bicyclic) bond motifs is 2. The summed E-state index contributed by atoms with van der Waals surface area (Å²) in [4.78, 5) is 106. The Hall–Kier alpha value is -7.90. The van der Waals surface area contributed by atoms with Crippen LogP contribution in [0.25, 0.3) is 21.7 Å². The number of nitrogens with zero attached hydrogens (tertiary/aromatic N) is 1. The van der Waals surface area contributed by atoms with Crippen molar-refractivity contribution in [2.75, 3.05) is 6.54 Å². The Morgan fingerprint density at radius 1 is 0.657 bits per heavy atom. The van der Waals surface area contributed by atoms with Crippen molar-refractivity contribution in [1.82, 2.24) is 46.9 Å². The molecule has 2 aromatic heterocycles. The van der Waals surface area contributed by atoms with Crippen molar-refractivity contribution < 1.29 is 38.7 Å². The minimum absolute atomic E-state index is 0.00365. The van der Waals surface area contributed by atoms with E-state index in [-0.39, 0.29) is 32.1 Å².